The first-order valence-corrected chi connectivity index (χ1v) is 6.28. The molecule has 2 aliphatic rings. The average molecular weight is 227 g/mol. The molecule has 1 saturated heterocycles. The van der Waals surface area contributed by atoms with E-state index in [9.17, 15) is 9.90 Å². The summed E-state index contributed by atoms with van der Waals surface area (Å²) in [6, 6.07) is -0.0472. The summed E-state index contributed by atoms with van der Waals surface area (Å²) in [5.41, 5.74) is 0. The second-order valence-electron chi connectivity index (χ2n) is 4.94. The topological polar surface area (TPSA) is 58.6 Å². The van der Waals surface area contributed by atoms with Crippen LogP contribution < -0.4 is 5.32 Å². The molecule has 4 nitrogen and oxygen atoms in total. The number of hydrogen-bond donors (Lipinski definition) is 2. The maximum absolute atomic E-state index is 12.0. The second kappa shape index (κ2) is 5.15. The second-order valence-corrected chi connectivity index (χ2v) is 4.94. The van der Waals surface area contributed by atoms with Gasteiger partial charge in [-0.15, -0.1) is 0 Å². The van der Waals surface area contributed by atoms with Gasteiger partial charge in [-0.05, 0) is 26.2 Å². The fraction of sp³-hybridized carbons (Fsp3) is 0.917. The fourth-order valence-corrected chi connectivity index (χ4v) is 2.65. The lowest BCUT2D eigenvalue weighted by Gasteiger charge is -2.29. The summed E-state index contributed by atoms with van der Waals surface area (Å²) in [5, 5.41) is 12.8. The Balaban J connectivity index is 1.86. The highest BCUT2D eigenvalue weighted by molar-refractivity contribution is 5.79. The van der Waals surface area contributed by atoms with Crippen LogP contribution in [0.15, 0.2) is 0 Å². The van der Waals surface area contributed by atoms with Gasteiger partial charge in [0.05, 0.1) is 24.2 Å². The van der Waals surface area contributed by atoms with E-state index in [1.165, 1.54) is 0 Å². The van der Waals surface area contributed by atoms with E-state index in [1.807, 2.05) is 6.92 Å². The maximum Gasteiger partial charge on any atom is 0.226 e. The predicted octanol–water partition coefficient (Wildman–Crippen LogP) is 0.831. The first-order chi connectivity index (χ1) is 7.68. The molecule has 1 heterocycles. The SMILES string of the molecule is CC1OCCC1C(=O)N[C@@H]1CCCC[C@H]1O. The Bertz CT molecular complexity index is 257. The highest BCUT2D eigenvalue weighted by atomic mass is 16.5. The zero-order chi connectivity index (χ0) is 11.5. The molecule has 0 spiro atoms. The van der Waals surface area contributed by atoms with Crippen molar-refractivity contribution in [2.75, 3.05) is 6.61 Å². The highest BCUT2D eigenvalue weighted by Crippen LogP contribution is 2.23. The number of carbonyl (C=O) groups is 1. The van der Waals surface area contributed by atoms with Gasteiger partial charge in [-0.2, -0.15) is 0 Å². The minimum atomic E-state index is -0.365. The number of hydrogen-bond acceptors (Lipinski definition) is 3. The summed E-state index contributed by atoms with van der Waals surface area (Å²) >= 11 is 0. The van der Waals surface area contributed by atoms with Crippen LogP contribution in [0.1, 0.15) is 39.0 Å². The molecule has 2 N–H and O–H groups in total. The smallest absolute Gasteiger partial charge is 0.226 e. The highest BCUT2D eigenvalue weighted by Gasteiger charge is 2.33. The van der Waals surface area contributed by atoms with Gasteiger partial charge >= 0.3 is 0 Å². The largest absolute Gasteiger partial charge is 0.391 e. The Hall–Kier alpha value is -0.610. The number of amides is 1. The Labute approximate surface area is 96.4 Å². The van der Waals surface area contributed by atoms with Gasteiger partial charge in [0.1, 0.15) is 0 Å². The summed E-state index contributed by atoms with van der Waals surface area (Å²) < 4.78 is 5.38. The fourth-order valence-electron chi connectivity index (χ4n) is 2.65. The lowest BCUT2D eigenvalue weighted by Crippen LogP contribution is -2.48. The van der Waals surface area contributed by atoms with Gasteiger partial charge in [0.15, 0.2) is 0 Å². The zero-order valence-electron chi connectivity index (χ0n) is 9.82. The van der Waals surface area contributed by atoms with Crippen LogP contribution in [0, 0.1) is 5.92 Å². The van der Waals surface area contributed by atoms with Gasteiger partial charge in [0, 0.05) is 6.61 Å². The number of rotatable bonds is 2. The van der Waals surface area contributed by atoms with Gasteiger partial charge in [-0.1, -0.05) is 12.8 Å². The number of carbonyl (C=O) groups excluding carboxylic acids is 1. The normalized spacial score (nSPS) is 39.6. The van der Waals surface area contributed by atoms with Crippen LogP contribution in [0.2, 0.25) is 0 Å². The monoisotopic (exact) mass is 227 g/mol. The van der Waals surface area contributed by atoms with Crippen molar-refractivity contribution in [2.24, 2.45) is 5.92 Å². The minimum Gasteiger partial charge on any atom is -0.391 e. The maximum atomic E-state index is 12.0. The molecule has 16 heavy (non-hydrogen) atoms. The van der Waals surface area contributed by atoms with Crippen molar-refractivity contribution in [2.45, 2.75) is 57.3 Å². The molecular weight excluding hydrogens is 206 g/mol. The molecule has 0 bridgehead atoms. The molecule has 1 amide bonds. The summed E-state index contributed by atoms with van der Waals surface area (Å²) in [6.45, 7) is 2.61. The molecule has 1 aliphatic heterocycles. The number of aliphatic hydroxyl groups excluding tert-OH is 1. The van der Waals surface area contributed by atoms with Crippen LogP contribution in [0.3, 0.4) is 0 Å². The molecule has 0 aromatic carbocycles. The minimum absolute atomic E-state index is 0.0146. The molecule has 0 aromatic rings. The summed E-state index contributed by atoms with van der Waals surface area (Å²) in [7, 11) is 0. The van der Waals surface area contributed by atoms with Crippen molar-refractivity contribution in [1.82, 2.24) is 5.32 Å². The van der Waals surface area contributed by atoms with Gasteiger partial charge < -0.3 is 15.2 Å². The van der Waals surface area contributed by atoms with Gasteiger partial charge in [-0.25, -0.2) is 0 Å². The van der Waals surface area contributed by atoms with Crippen LogP contribution >= 0.6 is 0 Å². The molecule has 92 valence electrons. The average Bonchev–Trinajstić information content (AvgIpc) is 2.68. The molecule has 2 unspecified atom stereocenters. The van der Waals surface area contributed by atoms with E-state index in [-0.39, 0.29) is 30.1 Å². The molecule has 0 radical (unpaired) electrons. The lowest BCUT2D eigenvalue weighted by atomic mass is 9.91. The molecule has 0 aromatic heterocycles. The summed E-state index contributed by atoms with van der Waals surface area (Å²) in [6.07, 6.45) is 4.32. The zero-order valence-corrected chi connectivity index (χ0v) is 9.82. The van der Waals surface area contributed by atoms with Crippen LogP contribution in [0.25, 0.3) is 0 Å². The first-order valence-electron chi connectivity index (χ1n) is 6.28. The third-order valence-corrected chi connectivity index (χ3v) is 3.77. The Morgan fingerprint density at radius 2 is 2.06 bits per heavy atom. The molecule has 4 atom stereocenters. The standard InChI is InChI=1S/C12H21NO3/c1-8-9(6-7-16-8)12(15)13-10-4-2-3-5-11(10)14/h8-11,14H,2-7H2,1H3,(H,13,15)/t8?,9?,10-,11-/m1/s1. The lowest BCUT2D eigenvalue weighted by molar-refractivity contribution is -0.128. The van der Waals surface area contributed by atoms with E-state index in [1.54, 1.807) is 0 Å². The molecule has 2 rings (SSSR count). The van der Waals surface area contributed by atoms with E-state index in [0.717, 1.165) is 32.1 Å². The molecule has 4 heteroatoms. The van der Waals surface area contributed by atoms with E-state index < -0.39 is 0 Å². The molecule has 1 saturated carbocycles. The molecule has 2 fully saturated rings. The van der Waals surface area contributed by atoms with Crippen molar-refractivity contribution in [3.05, 3.63) is 0 Å². The molecular formula is C12H21NO3. The van der Waals surface area contributed by atoms with Crippen molar-refractivity contribution in [1.29, 1.82) is 0 Å². The Morgan fingerprint density at radius 1 is 1.31 bits per heavy atom. The third kappa shape index (κ3) is 2.55. The Morgan fingerprint density at radius 3 is 2.69 bits per heavy atom. The van der Waals surface area contributed by atoms with Crippen LogP contribution in [0.5, 0.6) is 0 Å². The quantitative estimate of drug-likeness (QED) is 0.734. The van der Waals surface area contributed by atoms with Crippen molar-refractivity contribution < 1.29 is 14.6 Å². The predicted molar refractivity (Wildman–Crippen MR) is 59.9 cm³/mol. The third-order valence-electron chi connectivity index (χ3n) is 3.77. The van der Waals surface area contributed by atoms with Crippen molar-refractivity contribution in [3.63, 3.8) is 0 Å². The summed E-state index contributed by atoms with van der Waals surface area (Å²) in [4.78, 5) is 12.0. The van der Waals surface area contributed by atoms with Crippen molar-refractivity contribution >= 4 is 5.91 Å². The van der Waals surface area contributed by atoms with Crippen LogP contribution in [-0.4, -0.2) is 35.9 Å². The van der Waals surface area contributed by atoms with Gasteiger partial charge in [-0.3, -0.25) is 4.79 Å². The van der Waals surface area contributed by atoms with E-state index in [0.29, 0.717) is 6.61 Å². The van der Waals surface area contributed by atoms with Gasteiger partial charge in [0.25, 0.3) is 0 Å². The van der Waals surface area contributed by atoms with E-state index >= 15 is 0 Å². The van der Waals surface area contributed by atoms with E-state index in [2.05, 4.69) is 5.32 Å². The first kappa shape index (κ1) is 11.9. The Kier molecular flexibility index (Phi) is 3.82. The number of aliphatic hydroxyl groups is 1. The number of ether oxygens (including phenoxy) is 1. The molecule has 1 aliphatic carbocycles. The van der Waals surface area contributed by atoms with E-state index in [4.69, 9.17) is 4.74 Å². The van der Waals surface area contributed by atoms with Crippen LogP contribution in [-0.2, 0) is 9.53 Å². The van der Waals surface area contributed by atoms with Crippen molar-refractivity contribution in [3.8, 4) is 0 Å². The number of nitrogens with one attached hydrogen (secondary N) is 1. The summed E-state index contributed by atoms with van der Waals surface area (Å²) in [5.74, 6) is 0.0186. The van der Waals surface area contributed by atoms with Gasteiger partial charge in [0.2, 0.25) is 5.91 Å². The van der Waals surface area contributed by atoms with Crippen LogP contribution in [0.4, 0.5) is 0 Å².